The van der Waals surface area contributed by atoms with Gasteiger partial charge in [-0.2, -0.15) is 4.89 Å². The number of nitrogens with one attached hydrogen (secondary N) is 1. The van der Waals surface area contributed by atoms with Gasteiger partial charge in [0.2, 0.25) is 0 Å². The van der Waals surface area contributed by atoms with E-state index in [0.29, 0.717) is 0 Å². The third-order valence-corrected chi connectivity index (χ3v) is 4.56. The number of hydrogen-bond acceptors (Lipinski definition) is 9. The standard InChI is InChI=1S/C13H17FN3O9P/c1-6(10(20)21)16-27(23)26-24-5-7-9(19)13(2,14)11(25-7)17-4-3-8(18)15-12(17)22/h3-4,6-7,9,11,19H,5H2,1-2H3,(H,20,21)(H,15,18,22)/t6-,7+,9+,11+,13+/m0/s1. The highest BCUT2D eigenvalue weighted by molar-refractivity contribution is 7.33. The third-order valence-electron chi connectivity index (χ3n) is 3.79. The van der Waals surface area contributed by atoms with Gasteiger partial charge in [0, 0.05) is 16.9 Å². The molecule has 6 atom stereocenters. The molecule has 12 nitrogen and oxygen atoms in total. The van der Waals surface area contributed by atoms with Gasteiger partial charge >= 0.3 is 19.8 Å². The van der Waals surface area contributed by atoms with E-state index in [4.69, 9.17) is 9.84 Å². The van der Waals surface area contributed by atoms with E-state index in [-0.39, 0.29) is 0 Å². The third kappa shape index (κ3) is 4.83. The van der Waals surface area contributed by atoms with Gasteiger partial charge in [0.05, 0.1) is 0 Å². The summed E-state index contributed by atoms with van der Waals surface area (Å²) in [6.45, 7) is 1.57. The average Bonchev–Trinajstić information content (AvgIpc) is 2.78. The predicted octanol–water partition coefficient (Wildman–Crippen LogP) is -1.20. The molecule has 0 bridgehead atoms. The molecule has 0 aromatic carbocycles. The fourth-order valence-electron chi connectivity index (χ4n) is 2.32. The molecule has 0 spiro atoms. The lowest BCUT2D eigenvalue weighted by molar-refractivity contribution is -0.277. The first kappa shape index (κ1) is 21.3. The number of H-pyrrole nitrogens is 1. The first-order chi connectivity index (χ1) is 12.5. The molecular weight excluding hydrogens is 392 g/mol. The van der Waals surface area contributed by atoms with E-state index < -0.39 is 62.1 Å². The summed E-state index contributed by atoms with van der Waals surface area (Å²) in [4.78, 5) is 51.5. The quantitative estimate of drug-likeness (QED) is 0.284. The maximum absolute atomic E-state index is 14.9. The normalized spacial score (nSPS) is 29.7. The number of aromatic amines is 1. The van der Waals surface area contributed by atoms with E-state index in [1.54, 1.807) is 0 Å². The first-order valence-electron chi connectivity index (χ1n) is 7.58. The van der Waals surface area contributed by atoms with Gasteiger partial charge in [0.25, 0.3) is 5.56 Å². The highest BCUT2D eigenvalue weighted by Crippen LogP contribution is 2.40. The number of carbonyl (C=O) groups is 1. The lowest BCUT2D eigenvalue weighted by atomic mass is 9.98. The summed E-state index contributed by atoms with van der Waals surface area (Å²) >= 11 is 0. The zero-order chi connectivity index (χ0) is 20.4. The van der Waals surface area contributed by atoms with Gasteiger partial charge in [-0.15, -0.1) is 0 Å². The minimum absolute atomic E-state index is 0.590. The summed E-state index contributed by atoms with van der Waals surface area (Å²) in [5.41, 5.74) is -4.06. The van der Waals surface area contributed by atoms with Crippen LogP contribution in [0.15, 0.2) is 26.6 Å². The average molecular weight is 409 g/mol. The second-order valence-electron chi connectivity index (χ2n) is 5.87. The number of ether oxygens (including phenoxy) is 1. The summed E-state index contributed by atoms with van der Waals surface area (Å²) in [5.74, 6) is -1.32. The lowest BCUT2D eigenvalue weighted by Gasteiger charge is -2.24. The number of aromatic nitrogens is 2. The molecule has 0 radical (unpaired) electrons. The number of halogens is 1. The van der Waals surface area contributed by atoms with Crippen LogP contribution >= 0.6 is 8.17 Å². The lowest BCUT2D eigenvalue weighted by Crippen LogP contribution is -2.43. The summed E-state index contributed by atoms with van der Waals surface area (Å²) < 4.78 is 28.6. The Balaban J connectivity index is 2.04. The number of carboxylic acid groups (broad SMARTS) is 1. The van der Waals surface area contributed by atoms with Crippen molar-refractivity contribution in [1.29, 1.82) is 0 Å². The summed E-state index contributed by atoms with van der Waals surface area (Å²) in [5, 5.41) is 18.7. The summed E-state index contributed by atoms with van der Waals surface area (Å²) in [6, 6.07) is -0.313. The van der Waals surface area contributed by atoms with Gasteiger partial charge in [-0.1, -0.05) is 4.74 Å². The van der Waals surface area contributed by atoms with Crippen LogP contribution in [0.5, 0.6) is 0 Å². The number of carboxylic acids is 1. The van der Waals surface area contributed by atoms with E-state index in [2.05, 4.69) is 14.3 Å². The van der Waals surface area contributed by atoms with Crippen LogP contribution in [0.3, 0.4) is 0 Å². The molecule has 1 aromatic rings. The van der Waals surface area contributed by atoms with Crippen LogP contribution < -0.4 is 16.1 Å². The van der Waals surface area contributed by atoms with Crippen molar-refractivity contribution in [1.82, 2.24) is 9.55 Å². The van der Waals surface area contributed by atoms with Crippen molar-refractivity contribution < 1.29 is 38.6 Å². The molecule has 1 aliphatic rings. The fraction of sp³-hybridized carbons (Fsp3) is 0.615. The van der Waals surface area contributed by atoms with E-state index in [9.17, 15) is 28.8 Å². The monoisotopic (exact) mass is 409 g/mol. The molecule has 1 aliphatic heterocycles. The van der Waals surface area contributed by atoms with E-state index >= 15 is 0 Å². The Morgan fingerprint density at radius 1 is 1.63 bits per heavy atom. The van der Waals surface area contributed by atoms with Crippen LogP contribution in [0.4, 0.5) is 4.39 Å². The molecule has 1 saturated heterocycles. The minimum Gasteiger partial charge on any atom is -0.581 e. The molecular formula is C13H17FN3O9P. The molecule has 1 unspecified atom stereocenters. The highest BCUT2D eigenvalue weighted by atomic mass is 31.1. The Morgan fingerprint density at radius 3 is 2.89 bits per heavy atom. The van der Waals surface area contributed by atoms with Gasteiger partial charge in [0.15, 0.2) is 17.9 Å². The molecule has 2 heterocycles. The van der Waals surface area contributed by atoms with Crippen LogP contribution in [-0.4, -0.2) is 56.3 Å². The van der Waals surface area contributed by atoms with Gasteiger partial charge < -0.3 is 19.8 Å². The van der Waals surface area contributed by atoms with Crippen LogP contribution in [0.25, 0.3) is 0 Å². The Kier molecular flexibility index (Phi) is 6.57. The molecule has 150 valence electrons. The van der Waals surface area contributed by atoms with Crippen molar-refractivity contribution in [2.45, 2.75) is 44.0 Å². The van der Waals surface area contributed by atoms with Crippen molar-refractivity contribution in [2.24, 2.45) is 4.74 Å². The molecule has 14 heteroatoms. The Morgan fingerprint density at radius 2 is 2.30 bits per heavy atom. The summed E-state index contributed by atoms with van der Waals surface area (Å²) in [6.07, 6.45) is -3.63. The smallest absolute Gasteiger partial charge is 0.382 e. The van der Waals surface area contributed by atoms with Crippen molar-refractivity contribution in [3.05, 3.63) is 33.1 Å². The first-order valence-corrected chi connectivity index (χ1v) is 8.71. The topological polar surface area (TPSA) is 175 Å². The van der Waals surface area contributed by atoms with Gasteiger partial charge in [0.1, 0.15) is 18.8 Å². The number of aliphatic carboxylic acids is 1. The largest absolute Gasteiger partial charge is 0.581 e. The second kappa shape index (κ2) is 8.33. The fourth-order valence-corrected chi connectivity index (χ4v) is 2.89. The number of rotatable bonds is 7. The van der Waals surface area contributed by atoms with E-state index in [0.717, 1.165) is 23.8 Å². The number of aliphatic hydroxyl groups is 1. The SMILES string of the molecule is C[C@H](N=[P+]([O-])OOC[C@H]1O[C@@H](n2ccc(=O)[nH]c2=O)[C@](C)(F)[C@@H]1O)C(=O)O. The molecule has 1 aromatic heterocycles. The molecule has 0 aliphatic carbocycles. The van der Waals surface area contributed by atoms with Crippen LogP contribution in [0.2, 0.25) is 0 Å². The minimum atomic E-state index is -2.83. The Bertz CT molecular complexity index is 839. The maximum atomic E-state index is 14.9. The Labute approximate surface area is 151 Å². The van der Waals surface area contributed by atoms with Crippen molar-refractivity contribution in [2.75, 3.05) is 6.61 Å². The maximum Gasteiger partial charge on any atom is 0.382 e. The van der Waals surface area contributed by atoms with Gasteiger partial charge in [-0.25, -0.2) is 14.0 Å². The van der Waals surface area contributed by atoms with Crippen molar-refractivity contribution >= 4 is 14.1 Å². The predicted molar refractivity (Wildman–Crippen MR) is 84.2 cm³/mol. The zero-order valence-corrected chi connectivity index (χ0v) is 15.0. The Hall–Kier alpha value is -2.02. The number of alkyl halides is 1. The summed E-state index contributed by atoms with van der Waals surface area (Å²) in [7, 11) is -2.83. The van der Waals surface area contributed by atoms with Crippen LogP contribution in [-0.2, 0) is 19.1 Å². The molecule has 27 heavy (non-hydrogen) atoms. The molecule has 3 N–H and O–H groups in total. The molecule has 0 amide bonds. The van der Waals surface area contributed by atoms with E-state index in [1.165, 1.54) is 6.92 Å². The van der Waals surface area contributed by atoms with E-state index in [1.807, 2.05) is 4.98 Å². The number of nitrogens with zero attached hydrogens (tertiary/aromatic N) is 2. The van der Waals surface area contributed by atoms with Gasteiger partial charge in [-0.3, -0.25) is 14.3 Å². The van der Waals surface area contributed by atoms with Crippen molar-refractivity contribution in [3.8, 4) is 0 Å². The van der Waals surface area contributed by atoms with Crippen LogP contribution in [0.1, 0.15) is 20.1 Å². The molecule has 2 rings (SSSR count). The highest BCUT2D eigenvalue weighted by Gasteiger charge is 2.55. The van der Waals surface area contributed by atoms with Crippen LogP contribution in [0, 0.1) is 0 Å². The number of aliphatic hydroxyl groups excluding tert-OH is 1. The zero-order valence-electron chi connectivity index (χ0n) is 14.1. The molecule has 0 saturated carbocycles. The second-order valence-corrected chi connectivity index (χ2v) is 6.72. The molecule has 1 fully saturated rings. The van der Waals surface area contributed by atoms with Gasteiger partial charge in [-0.05, 0) is 13.8 Å². The number of hydrogen-bond donors (Lipinski definition) is 3. The van der Waals surface area contributed by atoms with Crippen molar-refractivity contribution in [3.63, 3.8) is 0 Å².